The average Bonchev–Trinajstić information content (AvgIpc) is 3.33. The maximum Gasteiger partial charge on any atom is 0.335 e. The van der Waals surface area contributed by atoms with Crippen molar-refractivity contribution in [1.82, 2.24) is 4.90 Å². The highest BCUT2D eigenvalue weighted by Gasteiger charge is 2.28. The molecule has 2 aliphatic rings. The molecule has 0 spiro atoms. The molecule has 0 aromatic heterocycles. The van der Waals surface area contributed by atoms with Crippen LogP contribution in [0, 0.1) is 5.92 Å². The molecule has 1 aromatic carbocycles. The first-order chi connectivity index (χ1) is 13.5. The average molecular weight is 386 g/mol. The number of carboxylic acid groups (broad SMARTS) is 1. The number of aliphatic hydroxyl groups excluding tert-OH is 1. The summed E-state index contributed by atoms with van der Waals surface area (Å²) in [6.45, 7) is 0.610. The Morgan fingerprint density at radius 3 is 2.57 bits per heavy atom. The van der Waals surface area contributed by atoms with E-state index in [1.807, 2.05) is 29.2 Å². The SMILES string of the molecule is O=C(O)c1ccc(CCN2C(=O)CC[C@@H]2/C=C/[C@H](O)CCC2CCCC2)cc1. The van der Waals surface area contributed by atoms with Crippen LogP contribution in [-0.2, 0) is 11.2 Å². The number of hydrogen-bond acceptors (Lipinski definition) is 3. The van der Waals surface area contributed by atoms with Crippen molar-refractivity contribution in [3.05, 3.63) is 47.5 Å². The number of aliphatic hydroxyl groups is 1. The molecule has 0 bridgehead atoms. The van der Waals surface area contributed by atoms with E-state index in [2.05, 4.69) is 0 Å². The van der Waals surface area contributed by atoms with Gasteiger partial charge in [0, 0.05) is 13.0 Å². The molecule has 5 nitrogen and oxygen atoms in total. The number of aromatic carboxylic acids is 1. The van der Waals surface area contributed by atoms with Gasteiger partial charge in [0.2, 0.25) is 5.91 Å². The standard InChI is InChI=1S/C23H31NO4/c25-21(12-7-17-3-1-2-4-17)13-10-20-11-14-22(26)24(20)16-15-18-5-8-19(9-6-18)23(27)28/h5-6,8-10,13,17,20-21,25H,1-4,7,11-12,14-16H2,(H,27,28)/b13-10+/t20-,21+/m0/s1. The van der Waals surface area contributed by atoms with E-state index in [9.17, 15) is 14.7 Å². The lowest BCUT2D eigenvalue weighted by molar-refractivity contribution is -0.128. The Hall–Kier alpha value is -2.14. The number of likely N-dealkylation sites (tertiary alicyclic amines) is 1. The van der Waals surface area contributed by atoms with Crippen molar-refractivity contribution in [1.29, 1.82) is 0 Å². The molecule has 5 heteroatoms. The summed E-state index contributed by atoms with van der Waals surface area (Å²) in [7, 11) is 0. The van der Waals surface area contributed by atoms with Gasteiger partial charge in [-0.05, 0) is 49.3 Å². The Labute approximate surface area is 167 Å². The number of nitrogens with zero attached hydrogens (tertiary/aromatic N) is 1. The molecule has 0 radical (unpaired) electrons. The third-order valence-electron chi connectivity index (χ3n) is 6.12. The quantitative estimate of drug-likeness (QED) is 0.634. The predicted molar refractivity (Wildman–Crippen MR) is 108 cm³/mol. The third kappa shape index (κ3) is 5.68. The number of carboxylic acids is 1. The van der Waals surface area contributed by atoms with Gasteiger partial charge in [-0.1, -0.05) is 50.0 Å². The summed E-state index contributed by atoms with van der Waals surface area (Å²) in [6, 6.07) is 6.86. The maximum absolute atomic E-state index is 12.2. The predicted octanol–water partition coefficient (Wildman–Crippen LogP) is 3.81. The van der Waals surface area contributed by atoms with E-state index in [-0.39, 0.29) is 17.5 Å². The molecule has 1 saturated heterocycles. The van der Waals surface area contributed by atoms with Gasteiger partial charge in [-0.2, -0.15) is 0 Å². The molecular weight excluding hydrogens is 354 g/mol. The number of benzene rings is 1. The molecule has 1 aliphatic carbocycles. The number of hydrogen-bond donors (Lipinski definition) is 2. The molecule has 1 saturated carbocycles. The van der Waals surface area contributed by atoms with Crippen LogP contribution in [0.1, 0.15) is 67.3 Å². The Bertz CT molecular complexity index is 691. The van der Waals surface area contributed by atoms with E-state index < -0.39 is 12.1 Å². The van der Waals surface area contributed by atoms with Crippen molar-refractivity contribution in [2.45, 2.75) is 69.9 Å². The van der Waals surface area contributed by atoms with Crippen molar-refractivity contribution in [2.75, 3.05) is 6.54 Å². The smallest absolute Gasteiger partial charge is 0.335 e. The Kier molecular flexibility index (Phi) is 7.26. The summed E-state index contributed by atoms with van der Waals surface area (Å²) in [5.41, 5.74) is 1.29. The minimum absolute atomic E-state index is 0.0481. The van der Waals surface area contributed by atoms with Crippen molar-refractivity contribution < 1.29 is 19.8 Å². The zero-order valence-electron chi connectivity index (χ0n) is 16.4. The van der Waals surface area contributed by atoms with Crippen LogP contribution in [0.25, 0.3) is 0 Å². The van der Waals surface area contributed by atoms with Crippen LogP contribution in [0.4, 0.5) is 0 Å². The molecule has 0 unspecified atom stereocenters. The van der Waals surface area contributed by atoms with E-state index in [4.69, 9.17) is 5.11 Å². The van der Waals surface area contributed by atoms with Gasteiger partial charge < -0.3 is 15.1 Å². The van der Waals surface area contributed by atoms with Gasteiger partial charge in [-0.15, -0.1) is 0 Å². The monoisotopic (exact) mass is 385 g/mol. The molecule has 3 rings (SSSR count). The molecule has 1 amide bonds. The molecule has 1 aliphatic heterocycles. The highest BCUT2D eigenvalue weighted by atomic mass is 16.4. The van der Waals surface area contributed by atoms with Crippen LogP contribution in [0.3, 0.4) is 0 Å². The largest absolute Gasteiger partial charge is 0.478 e. The molecule has 28 heavy (non-hydrogen) atoms. The van der Waals surface area contributed by atoms with Crippen LogP contribution in [-0.4, -0.2) is 45.7 Å². The van der Waals surface area contributed by atoms with Crippen LogP contribution in [0.15, 0.2) is 36.4 Å². The molecule has 1 heterocycles. The molecule has 152 valence electrons. The zero-order chi connectivity index (χ0) is 19.9. The lowest BCUT2D eigenvalue weighted by atomic mass is 9.99. The first kappa shape index (κ1) is 20.6. The van der Waals surface area contributed by atoms with Crippen LogP contribution in [0.5, 0.6) is 0 Å². The topological polar surface area (TPSA) is 77.8 Å². The van der Waals surface area contributed by atoms with Gasteiger partial charge >= 0.3 is 5.97 Å². The van der Waals surface area contributed by atoms with Crippen LogP contribution < -0.4 is 0 Å². The van der Waals surface area contributed by atoms with Crippen LogP contribution >= 0.6 is 0 Å². The first-order valence-electron chi connectivity index (χ1n) is 10.5. The number of rotatable bonds is 9. The minimum Gasteiger partial charge on any atom is -0.478 e. The summed E-state index contributed by atoms with van der Waals surface area (Å²) in [5.74, 6) is -0.00432. The van der Waals surface area contributed by atoms with E-state index in [1.54, 1.807) is 12.1 Å². The van der Waals surface area contributed by atoms with Gasteiger partial charge in [-0.25, -0.2) is 4.79 Å². The number of carbonyl (C=O) groups is 2. The molecule has 2 N–H and O–H groups in total. The summed E-state index contributed by atoms with van der Waals surface area (Å²) in [5, 5.41) is 19.2. The number of amides is 1. The molecule has 1 aromatic rings. The van der Waals surface area contributed by atoms with Crippen molar-refractivity contribution in [3.63, 3.8) is 0 Å². The molecule has 2 atom stereocenters. The lowest BCUT2D eigenvalue weighted by Crippen LogP contribution is -2.33. The summed E-state index contributed by atoms with van der Waals surface area (Å²) >= 11 is 0. The van der Waals surface area contributed by atoms with Gasteiger partial charge in [0.15, 0.2) is 0 Å². The van der Waals surface area contributed by atoms with Crippen molar-refractivity contribution >= 4 is 11.9 Å². The second-order valence-corrected chi connectivity index (χ2v) is 8.13. The highest BCUT2D eigenvalue weighted by molar-refractivity contribution is 5.87. The third-order valence-corrected chi connectivity index (χ3v) is 6.12. The maximum atomic E-state index is 12.2. The van der Waals surface area contributed by atoms with E-state index in [1.165, 1.54) is 25.7 Å². The Morgan fingerprint density at radius 1 is 1.18 bits per heavy atom. The highest BCUT2D eigenvalue weighted by Crippen LogP contribution is 2.29. The van der Waals surface area contributed by atoms with Crippen molar-refractivity contribution in [2.24, 2.45) is 5.92 Å². The van der Waals surface area contributed by atoms with Crippen molar-refractivity contribution in [3.8, 4) is 0 Å². The fourth-order valence-electron chi connectivity index (χ4n) is 4.37. The van der Waals surface area contributed by atoms with E-state index in [0.717, 1.165) is 30.7 Å². The van der Waals surface area contributed by atoms with Gasteiger partial charge in [0.05, 0.1) is 17.7 Å². The zero-order valence-corrected chi connectivity index (χ0v) is 16.4. The second-order valence-electron chi connectivity index (χ2n) is 8.13. The van der Waals surface area contributed by atoms with E-state index in [0.29, 0.717) is 19.4 Å². The van der Waals surface area contributed by atoms with Gasteiger partial charge in [0.1, 0.15) is 0 Å². The van der Waals surface area contributed by atoms with Gasteiger partial charge in [0.25, 0.3) is 0 Å². The summed E-state index contributed by atoms with van der Waals surface area (Å²) in [4.78, 5) is 25.1. The van der Waals surface area contributed by atoms with E-state index >= 15 is 0 Å². The molecular formula is C23H31NO4. The number of carbonyl (C=O) groups excluding carboxylic acids is 1. The minimum atomic E-state index is -0.932. The fourth-order valence-corrected chi connectivity index (χ4v) is 4.37. The first-order valence-corrected chi connectivity index (χ1v) is 10.5. The summed E-state index contributed by atoms with van der Waals surface area (Å²) < 4.78 is 0. The fraction of sp³-hybridized carbons (Fsp3) is 0.565. The lowest BCUT2D eigenvalue weighted by Gasteiger charge is -2.23. The Morgan fingerprint density at radius 2 is 1.89 bits per heavy atom. The van der Waals surface area contributed by atoms with Gasteiger partial charge in [-0.3, -0.25) is 4.79 Å². The normalized spacial score (nSPS) is 21.7. The summed E-state index contributed by atoms with van der Waals surface area (Å²) in [6.07, 6.45) is 12.6. The van der Waals surface area contributed by atoms with Crippen LogP contribution in [0.2, 0.25) is 0 Å². The molecule has 2 fully saturated rings. The Balaban J connectivity index is 1.48. The second kappa shape index (κ2) is 9.87.